The molecule has 0 fully saturated rings. The summed E-state index contributed by atoms with van der Waals surface area (Å²) in [6.45, 7) is 10.5. The third-order valence-corrected chi connectivity index (χ3v) is 3.59. The average Bonchev–Trinajstić information content (AvgIpc) is 2.39. The van der Waals surface area contributed by atoms with E-state index in [1.807, 2.05) is 19.1 Å². The van der Waals surface area contributed by atoms with E-state index in [1.165, 1.54) is 12.8 Å². The van der Waals surface area contributed by atoms with E-state index in [-0.39, 0.29) is 5.84 Å². The number of nitrogens with two attached hydrogens (primary N) is 1. The maximum absolute atomic E-state index is 7.57. The second-order valence-electron chi connectivity index (χ2n) is 4.99. The fraction of sp³-hybridized carbons (Fsp3) is 0.600. The van der Waals surface area contributed by atoms with Gasteiger partial charge in [-0.3, -0.25) is 5.41 Å². The molecule has 0 aliphatic carbocycles. The molecule has 0 aliphatic rings. The molecule has 0 amide bonds. The normalized spacial score (nSPS) is 10.8. The molecule has 1 rings (SSSR count). The number of anilines is 1. The Kier molecular flexibility index (Phi) is 5.80. The molecule has 0 atom stereocenters. The second-order valence-corrected chi connectivity index (χ2v) is 4.99. The lowest BCUT2D eigenvalue weighted by molar-refractivity contribution is 0.484. The number of rotatable bonds is 7. The van der Waals surface area contributed by atoms with Gasteiger partial charge in [-0.2, -0.15) is 0 Å². The number of nitrogen functional groups attached to an aromatic ring is 1. The van der Waals surface area contributed by atoms with Crippen LogP contribution in [-0.4, -0.2) is 23.9 Å². The van der Waals surface area contributed by atoms with Crippen LogP contribution in [0.15, 0.2) is 12.1 Å². The first-order valence-corrected chi connectivity index (χ1v) is 7.09. The van der Waals surface area contributed by atoms with E-state index in [4.69, 9.17) is 11.1 Å². The molecule has 0 spiro atoms. The molecular weight excluding hydrogens is 236 g/mol. The highest BCUT2D eigenvalue weighted by Crippen LogP contribution is 2.18. The van der Waals surface area contributed by atoms with E-state index in [2.05, 4.69) is 30.7 Å². The van der Waals surface area contributed by atoms with Crippen molar-refractivity contribution in [2.24, 2.45) is 11.7 Å². The number of amidine groups is 1. The summed E-state index contributed by atoms with van der Waals surface area (Å²) in [5, 5.41) is 7.57. The van der Waals surface area contributed by atoms with Crippen molar-refractivity contribution in [3.8, 4) is 0 Å². The topological polar surface area (TPSA) is 66.0 Å². The molecule has 0 saturated heterocycles. The molecule has 19 heavy (non-hydrogen) atoms. The summed E-state index contributed by atoms with van der Waals surface area (Å²) in [6, 6.07) is 3.78. The zero-order valence-electron chi connectivity index (χ0n) is 12.5. The van der Waals surface area contributed by atoms with Gasteiger partial charge in [-0.25, -0.2) is 4.98 Å². The van der Waals surface area contributed by atoms with Gasteiger partial charge in [0.1, 0.15) is 11.7 Å². The first-order valence-electron chi connectivity index (χ1n) is 7.09. The standard InChI is InChI=1S/C15H26N4/c1-5-12(6-2)10-19(7-3)14-9-13(15(16)17)8-11(4)18-14/h8-9,12H,5-7,10H2,1-4H3,(H3,16,17). The highest BCUT2D eigenvalue weighted by molar-refractivity contribution is 5.95. The summed E-state index contributed by atoms with van der Waals surface area (Å²) < 4.78 is 0. The minimum atomic E-state index is 0.102. The Labute approximate surface area is 116 Å². The second kappa shape index (κ2) is 7.12. The van der Waals surface area contributed by atoms with Crippen molar-refractivity contribution in [2.45, 2.75) is 40.5 Å². The molecule has 1 heterocycles. The number of hydrogen-bond donors (Lipinski definition) is 2. The van der Waals surface area contributed by atoms with Crippen molar-refractivity contribution in [1.82, 2.24) is 4.98 Å². The van der Waals surface area contributed by atoms with E-state index in [0.717, 1.165) is 30.2 Å². The maximum atomic E-state index is 7.57. The zero-order chi connectivity index (χ0) is 14.4. The summed E-state index contributed by atoms with van der Waals surface area (Å²) in [6.07, 6.45) is 2.36. The third kappa shape index (κ3) is 4.23. The summed E-state index contributed by atoms with van der Waals surface area (Å²) in [4.78, 5) is 6.86. The molecule has 1 aromatic heterocycles. The van der Waals surface area contributed by atoms with Crippen LogP contribution < -0.4 is 10.6 Å². The predicted molar refractivity (Wildman–Crippen MR) is 81.9 cm³/mol. The molecule has 0 bridgehead atoms. The minimum Gasteiger partial charge on any atom is -0.384 e. The Balaban J connectivity index is 3.00. The van der Waals surface area contributed by atoms with Gasteiger partial charge in [-0.15, -0.1) is 0 Å². The van der Waals surface area contributed by atoms with Crippen LogP contribution in [-0.2, 0) is 0 Å². The number of pyridine rings is 1. The monoisotopic (exact) mass is 262 g/mol. The van der Waals surface area contributed by atoms with Gasteiger partial charge in [0.25, 0.3) is 0 Å². The molecule has 0 radical (unpaired) electrons. The smallest absolute Gasteiger partial charge is 0.129 e. The summed E-state index contributed by atoms with van der Waals surface area (Å²) in [7, 11) is 0. The number of aromatic nitrogens is 1. The van der Waals surface area contributed by atoms with Gasteiger partial charge >= 0.3 is 0 Å². The van der Waals surface area contributed by atoms with Crippen LogP contribution in [0.2, 0.25) is 0 Å². The van der Waals surface area contributed by atoms with Gasteiger partial charge in [-0.05, 0) is 31.9 Å². The average molecular weight is 262 g/mol. The minimum absolute atomic E-state index is 0.102. The highest BCUT2D eigenvalue weighted by Gasteiger charge is 2.13. The van der Waals surface area contributed by atoms with Crippen molar-refractivity contribution < 1.29 is 0 Å². The lowest BCUT2D eigenvalue weighted by Crippen LogP contribution is -2.30. The fourth-order valence-corrected chi connectivity index (χ4v) is 2.21. The summed E-state index contributed by atoms with van der Waals surface area (Å²) in [5.74, 6) is 1.72. The van der Waals surface area contributed by atoms with Gasteiger partial charge < -0.3 is 10.6 Å². The molecule has 4 nitrogen and oxygen atoms in total. The van der Waals surface area contributed by atoms with Crippen molar-refractivity contribution >= 4 is 11.7 Å². The summed E-state index contributed by atoms with van der Waals surface area (Å²) >= 11 is 0. The van der Waals surface area contributed by atoms with Crippen LogP contribution >= 0.6 is 0 Å². The SMILES string of the molecule is CCC(CC)CN(CC)c1cc(C(=N)N)cc(C)n1. The number of nitrogens with one attached hydrogen (secondary N) is 1. The molecule has 3 N–H and O–H groups in total. The molecule has 0 aliphatic heterocycles. The Morgan fingerprint density at radius 2 is 1.95 bits per heavy atom. The van der Waals surface area contributed by atoms with Crippen molar-refractivity contribution in [1.29, 1.82) is 5.41 Å². The summed E-state index contributed by atoms with van der Waals surface area (Å²) in [5.41, 5.74) is 7.25. The van der Waals surface area contributed by atoms with Gasteiger partial charge in [0, 0.05) is 24.3 Å². The predicted octanol–water partition coefficient (Wildman–Crippen LogP) is 2.94. The number of aryl methyl sites for hydroxylation is 1. The van der Waals surface area contributed by atoms with Crippen LogP contribution in [0.5, 0.6) is 0 Å². The van der Waals surface area contributed by atoms with E-state index >= 15 is 0 Å². The third-order valence-electron chi connectivity index (χ3n) is 3.59. The van der Waals surface area contributed by atoms with Gasteiger partial charge in [0.05, 0.1) is 0 Å². The lowest BCUT2D eigenvalue weighted by atomic mass is 10.0. The Morgan fingerprint density at radius 1 is 1.32 bits per heavy atom. The van der Waals surface area contributed by atoms with Crippen LogP contribution in [0.4, 0.5) is 5.82 Å². The maximum Gasteiger partial charge on any atom is 0.129 e. The van der Waals surface area contributed by atoms with E-state index in [9.17, 15) is 0 Å². The van der Waals surface area contributed by atoms with Crippen LogP contribution in [0.3, 0.4) is 0 Å². The first-order chi connectivity index (χ1) is 9.01. The molecule has 0 aromatic carbocycles. The molecule has 1 aromatic rings. The number of hydrogen-bond acceptors (Lipinski definition) is 3. The van der Waals surface area contributed by atoms with E-state index < -0.39 is 0 Å². The Morgan fingerprint density at radius 3 is 2.42 bits per heavy atom. The largest absolute Gasteiger partial charge is 0.384 e. The zero-order valence-corrected chi connectivity index (χ0v) is 12.5. The molecule has 4 heteroatoms. The Bertz CT molecular complexity index is 424. The quantitative estimate of drug-likeness (QED) is 0.586. The van der Waals surface area contributed by atoms with Crippen molar-refractivity contribution in [3.63, 3.8) is 0 Å². The Hall–Kier alpha value is -1.58. The highest BCUT2D eigenvalue weighted by atomic mass is 15.2. The van der Waals surface area contributed by atoms with E-state index in [1.54, 1.807) is 0 Å². The number of nitrogens with zero attached hydrogens (tertiary/aromatic N) is 2. The van der Waals surface area contributed by atoms with Crippen LogP contribution in [0.1, 0.15) is 44.9 Å². The molecule has 0 saturated carbocycles. The molecule has 106 valence electrons. The van der Waals surface area contributed by atoms with Gasteiger partial charge in [0.2, 0.25) is 0 Å². The van der Waals surface area contributed by atoms with Gasteiger partial charge in [-0.1, -0.05) is 26.7 Å². The van der Waals surface area contributed by atoms with Gasteiger partial charge in [0.15, 0.2) is 0 Å². The fourth-order valence-electron chi connectivity index (χ4n) is 2.21. The van der Waals surface area contributed by atoms with E-state index in [0.29, 0.717) is 5.92 Å². The van der Waals surface area contributed by atoms with Crippen molar-refractivity contribution in [2.75, 3.05) is 18.0 Å². The van der Waals surface area contributed by atoms with Crippen molar-refractivity contribution in [3.05, 3.63) is 23.4 Å². The molecule has 0 unspecified atom stereocenters. The van der Waals surface area contributed by atoms with Crippen LogP contribution in [0, 0.1) is 18.3 Å². The molecular formula is C15H26N4. The lowest BCUT2D eigenvalue weighted by Gasteiger charge is -2.27. The van der Waals surface area contributed by atoms with Crippen LogP contribution in [0.25, 0.3) is 0 Å². The first kappa shape index (κ1) is 15.5.